The number of ether oxygens (including phenoxy) is 1. The van der Waals surface area contributed by atoms with Crippen molar-refractivity contribution in [1.29, 1.82) is 0 Å². The summed E-state index contributed by atoms with van der Waals surface area (Å²) in [7, 11) is 1.66. The van der Waals surface area contributed by atoms with Crippen molar-refractivity contribution < 1.29 is 14.3 Å². The predicted octanol–water partition coefficient (Wildman–Crippen LogP) is 1.85. The normalized spacial score (nSPS) is 25.8. The third-order valence-electron chi connectivity index (χ3n) is 4.74. The van der Waals surface area contributed by atoms with E-state index in [1.54, 1.807) is 7.11 Å². The van der Waals surface area contributed by atoms with E-state index in [0.29, 0.717) is 19.6 Å². The van der Waals surface area contributed by atoms with Crippen LogP contribution in [0.3, 0.4) is 0 Å². The van der Waals surface area contributed by atoms with E-state index in [1.807, 2.05) is 30.6 Å². The van der Waals surface area contributed by atoms with Crippen LogP contribution in [0.15, 0.2) is 0 Å². The lowest BCUT2D eigenvalue weighted by Gasteiger charge is -2.48. The Labute approximate surface area is 139 Å². The van der Waals surface area contributed by atoms with Crippen molar-refractivity contribution in [2.75, 3.05) is 39.9 Å². The molecule has 0 saturated carbocycles. The van der Waals surface area contributed by atoms with Crippen LogP contribution >= 0.6 is 0 Å². The first-order valence-corrected chi connectivity index (χ1v) is 8.59. The lowest BCUT2D eigenvalue weighted by Crippen LogP contribution is -2.58. The van der Waals surface area contributed by atoms with Crippen LogP contribution in [0.4, 0.5) is 4.79 Å². The number of amides is 3. The molecule has 0 aliphatic carbocycles. The summed E-state index contributed by atoms with van der Waals surface area (Å²) in [6.07, 6.45) is 3.56. The minimum atomic E-state index is -0.227. The number of methoxy groups -OCH3 is 1. The largest absolute Gasteiger partial charge is 0.383 e. The molecule has 1 spiro atoms. The summed E-state index contributed by atoms with van der Waals surface area (Å²) in [5, 5.41) is 3.05. The molecule has 2 aliphatic rings. The number of nitrogens with one attached hydrogen (secondary N) is 1. The summed E-state index contributed by atoms with van der Waals surface area (Å²) in [6, 6.07) is 0.0110. The van der Waals surface area contributed by atoms with Crippen LogP contribution in [-0.4, -0.2) is 67.2 Å². The van der Waals surface area contributed by atoms with E-state index in [4.69, 9.17) is 4.74 Å². The average Bonchev–Trinajstić information content (AvgIpc) is 2.47. The summed E-state index contributed by atoms with van der Waals surface area (Å²) in [6.45, 7) is 9.49. The Morgan fingerprint density at radius 2 is 2.04 bits per heavy atom. The molecule has 23 heavy (non-hydrogen) atoms. The molecule has 0 aromatic heterocycles. The van der Waals surface area contributed by atoms with E-state index in [-0.39, 0.29) is 22.9 Å². The van der Waals surface area contributed by atoms with E-state index in [9.17, 15) is 9.59 Å². The standard InChI is InChI=1S/C17H31N3O3/c1-16(2,3)18-15(22)20-9-5-7-17(13-20)8-6-14(21)19(12-17)10-11-23-4/h5-13H2,1-4H3,(H,18,22). The van der Waals surface area contributed by atoms with Gasteiger partial charge in [0, 0.05) is 50.7 Å². The Hall–Kier alpha value is -1.30. The van der Waals surface area contributed by atoms with Crippen LogP contribution in [0.1, 0.15) is 46.5 Å². The maximum atomic E-state index is 12.5. The lowest BCUT2D eigenvalue weighted by atomic mass is 9.73. The highest BCUT2D eigenvalue weighted by molar-refractivity contribution is 5.77. The van der Waals surface area contributed by atoms with Crippen molar-refractivity contribution in [2.24, 2.45) is 5.41 Å². The second-order valence-electron chi connectivity index (χ2n) is 8.01. The molecule has 2 saturated heterocycles. The molecular weight excluding hydrogens is 294 g/mol. The van der Waals surface area contributed by atoms with Gasteiger partial charge in [0.05, 0.1) is 6.61 Å². The highest BCUT2D eigenvalue weighted by Gasteiger charge is 2.42. The molecule has 0 aromatic carbocycles. The number of hydrogen-bond acceptors (Lipinski definition) is 3. The van der Waals surface area contributed by atoms with Crippen LogP contribution in [0.2, 0.25) is 0 Å². The molecule has 1 unspecified atom stereocenters. The van der Waals surface area contributed by atoms with Gasteiger partial charge >= 0.3 is 6.03 Å². The van der Waals surface area contributed by atoms with Gasteiger partial charge in [0.25, 0.3) is 0 Å². The molecule has 1 N–H and O–H groups in total. The van der Waals surface area contributed by atoms with Gasteiger partial charge in [-0.2, -0.15) is 0 Å². The van der Waals surface area contributed by atoms with Crippen LogP contribution < -0.4 is 5.32 Å². The van der Waals surface area contributed by atoms with Gasteiger partial charge in [-0.3, -0.25) is 4.79 Å². The molecule has 6 nitrogen and oxygen atoms in total. The fraction of sp³-hybridized carbons (Fsp3) is 0.882. The van der Waals surface area contributed by atoms with E-state index in [2.05, 4.69) is 5.32 Å². The lowest BCUT2D eigenvalue weighted by molar-refractivity contribution is -0.139. The van der Waals surface area contributed by atoms with E-state index in [0.717, 1.165) is 38.9 Å². The predicted molar refractivity (Wildman–Crippen MR) is 89.2 cm³/mol. The van der Waals surface area contributed by atoms with Crippen molar-refractivity contribution in [3.05, 3.63) is 0 Å². The summed E-state index contributed by atoms with van der Waals surface area (Å²) >= 11 is 0. The molecule has 0 radical (unpaired) electrons. The van der Waals surface area contributed by atoms with Crippen molar-refractivity contribution >= 4 is 11.9 Å². The van der Waals surface area contributed by atoms with Crippen molar-refractivity contribution in [3.63, 3.8) is 0 Å². The molecule has 2 aliphatic heterocycles. The van der Waals surface area contributed by atoms with Crippen molar-refractivity contribution in [2.45, 2.75) is 52.0 Å². The van der Waals surface area contributed by atoms with Crippen molar-refractivity contribution in [3.8, 4) is 0 Å². The first-order chi connectivity index (χ1) is 10.7. The van der Waals surface area contributed by atoms with E-state index >= 15 is 0 Å². The Morgan fingerprint density at radius 3 is 2.70 bits per heavy atom. The monoisotopic (exact) mass is 325 g/mol. The molecule has 2 heterocycles. The molecule has 0 aromatic rings. The average molecular weight is 325 g/mol. The van der Waals surface area contributed by atoms with Crippen LogP contribution in [0.25, 0.3) is 0 Å². The molecule has 1 atom stereocenters. The van der Waals surface area contributed by atoms with Gasteiger partial charge in [-0.1, -0.05) is 0 Å². The first-order valence-electron chi connectivity index (χ1n) is 8.59. The second-order valence-corrected chi connectivity index (χ2v) is 8.01. The smallest absolute Gasteiger partial charge is 0.317 e. The summed E-state index contributed by atoms with van der Waals surface area (Å²) in [4.78, 5) is 28.4. The number of urea groups is 1. The minimum absolute atomic E-state index is 0.0110. The third kappa shape index (κ3) is 4.83. The topological polar surface area (TPSA) is 61.9 Å². The van der Waals surface area contributed by atoms with Gasteiger partial charge in [-0.05, 0) is 40.0 Å². The minimum Gasteiger partial charge on any atom is -0.383 e. The summed E-state index contributed by atoms with van der Waals surface area (Å²) < 4.78 is 5.11. The molecule has 3 amide bonds. The molecule has 0 bridgehead atoms. The number of carbonyl (C=O) groups excluding carboxylic acids is 2. The fourth-order valence-electron chi connectivity index (χ4n) is 3.62. The zero-order valence-corrected chi connectivity index (χ0v) is 15.0. The fourth-order valence-corrected chi connectivity index (χ4v) is 3.62. The number of likely N-dealkylation sites (tertiary alicyclic amines) is 2. The quantitative estimate of drug-likeness (QED) is 0.861. The van der Waals surface area contributed by atoms with Gasteiger partial charge in [0.1, 0.15) is 0 Å². The Balaban J connectivity index is 2.01. The molecular formula is C17H31N3O3. The Bertz CT molecular complexity index is 447. The molecule has 132 valence electrons. The summed E-state index contributed by atoms with van der Waals surface area (Å²) in [5.41, 5.74) is -0.177. The SMILES string of the molecule is COCCN1CC2(CCCN(C(=O)NC(C)(C)C)C2)CCC1=O. The van der Waals surface area contributed by atoms with E-state index in [1.165, 1.54) is 0 Å². The van der Waals surface area contributed by atoms with Crippen LogP contribution in [0.5, 0.6) is 0 Å². The molecule has 6 heteroatoms. The maximum Gasteiger partial charge on any atom is 0.317 e. The van der Waals surface area contributed by atoms with E-state index < -0.39 is 0 Å². The zero-order valence-electron chi connectivity index (χ0n) is 15.0. The third-order valence-corrected chi connectivity index (χ3v) is 4.74. The van der Waals surface area contributed by atoms with Gasteiger partial charge in [0.15, 0.2) is 0 Å². The molecule has 2 fully saturated rings. The first kappa shape index (κ1) is 18.0. The highest BCUT2D eigenvalue weighted by atomic mass is 16.5. The summed E-state index contributed by atoms with van der Waals surface area (Å²) in [5.74, 6) is 0.212. The maximum absolute atomic E-state index is 12.5. The number of piperidine rings is 2. The number of nitrogens with zero attached hydrogens (tertiary/aromatic N) is 2. The van der Waals surface area contributed by atoms with Crippen molar-refractivity contribution in [1.82, 2.24) is 15.1 Å². The van der Waals surface area contributed by atoms with Gasteiger partial charge in [-0.25, -0.2) is 4.79 Å². The van der Waals surface area contributed by atoms with Gasteiger partial charge < -0.3 is 19.9 Å². The zero-order chi connectivity index (χ0) is 17.1. The Morgan fingerprint density at radius 1 is 1.30 bits per heavy atom. The van der Waals surface area contributed by atoms with Gasteiger partial charge in [-0.15, -0.1) is 0 Å². The van der Waals surface area contributed by atoms with Crippen LogP contribution in [-0.2, 0) is 9.53 Å². The van der Waals surface area contributed by atoms with Crippen LogP contribution in [0, 0.1) is 5.41 Å². The number of rotatable bonds is 3. The second kappa shape index (κ2) is 7.07. The number of carbonyl (C=O) groups is 2. The highest BCUT2D eigenvalue weighted by Crippen LogP contribution is 2.38. The van der Waals surface area contributed by atoms with Gasteiger partial charge in [0.2, 0.25) is 5.91 Å². The number of hydrogen-bond donors (Lipinski definition) is 1. The molecule has 2 rings (SSSR count). The Kier molecular flexibility index (Phi) is 5.55.